The van der Waals surface area contributed by atoms with E-state index in [2.05, 4.69) is 6.92 Å². The molecule has 1 heterocycles. The van der Waals surface area contributed by atoms with E-state index in [0.29, 0.717) is 18.3 Å². The molecule has 1 aliphatic heterocycles. The number of rotatable bonds is 2. The average Bonchev–Trinajstić information content (AvgIpc) is 2.80. The Kier molecular flexibility index (Phi) is 3.71. The molecule has 2 rings (SSSR count). The van der Waals surface area contributed by atoms with Gasteiger partial charge in [-0.1, -0.05) is 6.92 Å². The van der Waals surface area contributed by atoms with E-state index < -0.39 is 17.7 Å². The molecule has 0 aromatic carbocycles. The van der Waals surface area contributed by atoms with E-state index in [-0.39, 0.29) is 11.9 Å². The minimum absolute atomic E-state index is 0.129. The zero-order valence-corrected chi connectivity index (χ0v) is 13.0. The first-order chi connectivity index (χ1) is 9.17. The van der Waals surface area contributed by atoms with Crippen LogP contribution in [0.15, 0.2) is 0 Å². The average molecular weight is 284 g/mol. The highest BCUT2D eigenvalue weighted by Gasteiger charge is 2.62. The summed E-state index contributed by atoms with van der Waals surface area (Å²) in [7, 11) is 3.00. The second kappa shape index (κ2) is 4.91. The van der Waals surface area contributed by atoms with Crippen LogP contribution in [0.2, 0.25) is 0 Å². The van der Waals surface area contributed by atoms with Crippen LogP contribution in [-0.2, 0) is 14.4 Å². The van der Waals surface area contributed by atoms with Crippen molar-refractivity contribution in [1.82, 2.24) is 9.96 Å². The maximum Gasteiger partial charge on any atom is 0.411 e. The lowest BCUT2D eigenvalue weighted by Crippen LogP contribution is -2.50. The third kappa shape index (κ3) is 2.61. The minimum atomic E-state index is -0.561. The lowest BCUT2D eigenvalue weighted by atomic mass is 10.1. The first-order valence-corrected chi connectivity index (χ1v) is 7.00. The number of hydrogen-bond acceptors (Lipinski definition) is 4. The topological polar surface area (TPSA) is 59.1 Å². The fourth-order valence-corrected chi connectivity index (χ4v) is 3.00. The fraction of sp³-hybridized carbons (Fsp3) is 0.857. The molecular weight excluding hydrogens is 260 g/mol. The predicted octanol–water partition coefficient (Wildman–Crippen LogP) is 1.65. The van der Waals surface area contributed by atoms with Gasteiger partial charge in [-0.25, -0.2) is 9.86 Å². The summed E-state index contributed by atoms with van der Waals surface area (Å²) < 4.78 is 5.44. The van der Waals surface area contributed by atoms with Crippen molar-refractivity contribution in [2.45, 2.75) is 51.8 Å². The number of likely N-dealkylation sites (tertiary alicyclic amines) is 1. The molecule has 1 saturated heterocycles. The molecule has 0 unspecified atom stereocenters. The summed E-state index contributed by atoms with van der Waals surface area (Å²) in [5, 5.41) is 1.18. The van der Waals surface area contributed by atoms with Gasteiger partial charge >= 0.3 is 6.09 Å². The molecule has 1 saturated carbocycles. The molecule has 6 nitrogen and oxygen atoms in total. The summed E-state index contributed by atoms with van der Waals surface area (Å²) in [6.07, 6.45) is 0.287. The van der Waals surface area contributed by atoms with Crippen LogP contribution in [0.1, 0.15) is 34.1 Å². The predicted molar refractivity (Wildman–Crippen MR) is 72.7 cm³/mol. The maximum absolute atomic E-state index is 12.4. The second-order valence-electron chi connectivity index (χ2n) is 6.67. The van der Waals surface area contributed by atoms with Crippen LogP contribution >= 0.6 is 0 Å². The number of ether oxygens (including phenoxy) is 1. The number of hydrogen-bond donors (Lipinski definition) is 0. The van der Waals surface area contributed by atoms with E-state index in [1.807, 2.05) is 20.8 Å². The van der Waals surface area contributed by atoms with Crippen LogP contribution < -0.4 is 0 Å². The van der Waals surface area contributed by atoms with Gasteiger partial charge in [0.15, 0.2) is 0 Å². The highest BCUT2D eigenvalue weighted by atomic mass is 16.7. The Morgan fingerprint density at radius 1 is 1.30 bits per heavy atom. The van der Waals surface area contributed by atoms with Crippen LogP contribution in [0.4, 0.5) is 4.79 Å². The number of likely N-dealkylation sites (N-methyl/N-ethyl adjacent to an activating group) is 1. The van der Waals surface area contributed by atoms with Crippen LogP contribution in [-0.4, -0.2) is 53.8 Å². The zero-order chi connectivity index (χ0) is 15.2. The van der Waals surface area contributed by atoms with E-state index >= 15 is 0 Å². The molecule has 114 valence electrons. The smallest absolute Gasteiger partial charge is 0.411 e. The van der Waals surface area contributed by atoms with E-state index in [0.717, 1.165) is 0 Å². The Hall–Kier alpha value is -1.30. The van der Waals surface area contributed by atoms with Crippen LogP contribution in [0, 0.1) is 11.8 Å². The Balaban J connectivity index is 2.13. The normalized spacial score (nSPS) is 31.8. The fourth-order valence-electron chi connectivity index (χ4n) is 3.00. The van der Waals surface area contributed by atoms with Crippen molar-refractivity contribution in [3.63, 3.8) is 0 Å². The van der Waals surface area contributed by atoms with Gasteiger partial charge in [0.1, 0.15) is 11.6 Å². The van der Waals surface area contributed by atoms with Crippen LogP contribution in [0.3, 0.4) is 0 Å². The Morgan fingerprint density at radius 3 is 2.40 bits per heavy atom. The van der Waals surface area contributed by atoms with Gasteiger partial charge in [0.2, 0.25) is 0 Å². The summed E-state index contributed by atoms with van der Waals surface area (Å²) in [5.41, 5.74) is -0.561. The zero-order valence-electron chi connectivity index (χ0n) is 13.0. The number of amides is 2. The van der Waals surface area contributed by atoms with Crippen molar-refractivity contribution in [2.75, 3.05) is 14.2 Å². The number of fused-ring (bicyclic) bond motifs is 1. The van der Waals surface area contributed by atoms with E-state index in [4.69, 9.17) is 9.57 Å². The minimum Gasteiger partial charge on any atom is -0.444 e. The first-order valence-electron chi connectivity index (χ1n) is 7.00. The Morgan fingerprint density at radius 2 is 1.90 bits per heavy atom. The van der Waals surface area contributed by atoms with Crippen LogP contribution in [0.25, 0.3) is 0 Å². The molecule has 0 aromatic rings. The Bertz CT molecular complexity index is 418. The SMILES string of the molecule is CON(C)C(=O)[C@@H]1C[C@@H]2[C@H](C)[C@@H]2N1C(=O)OC(C)(C)C. The van der Waals surface area contributed by atoms with Gasteiger partial charge in [0.25, 0.3) is 5.91 Å². The monoisotopic (exact) mass is 284 g/mol. The van der Waals surface area contributed by atoms with Crippen LogP contribution in [0.5, 0.6) is 0 Å². The lowest BCUT2D eigenvalue weighted by molar-refractivity contribution is -0.174. The van der Waals surface area contributed by atoms with Crippen molar-refractivity contribution in [3.05, 3.63) is 0 Å². The molecule has 4 atom stereocenters. The largest absolute Gasteiger partial charge is 0.444 e. The summed E-state index contributed by atoms with van der Waals surface area (Å²) in [6.45, 7) is 7.58. The maximum atomic E-state index is 12.4. The third-order valence-electron chi connectivity index (χ3n) is 4.14. The first kappa shape index (κ1) is 15.1. The Labute approximate surface area is 119 Å². The molecule has 0 N–H and O–H groups in total. The van der Waals surface area contributed by atoms with Crippen molar-refractivity contribution in [3.8, 4) is 0 Å². The third-order valence-corrected chi connectivity index (χ3v) is 4.14. The second-order valence-corrected chi connectivity index (χ2v) is 6.67. The van der Waals surface area contributed by atoms with E-state index in [9.17, 15) is 9.59 Å². The molecule has 1 aliphatic carbocycles. The van der Waals surface area contributed by atoms with Gasteiger partial charge in [-0.15, -0.1) is 0 Å². The van der Waals surface area contributed by atoms with Gasteiger partial charge < -0.3 is 4.74 Å². The van der Waals surface area contributed by atoms with Crippen molar-refractivity contribution in [2.24, 2.45) is 11.8 Å². The van der Waals surface area contributed by atoms with Gasteiger partial charge in [-0.2, -0.15) is 0 Å². The highest BCUT2D eigenvalue weighted by Crippen LogP contribution is 2.53. The standard InChI is InChI=1S/C14H24N2O4/c1-8-9-7-10(12(17)15(5)19-6)16(11(8)9)13(18)20-14(2,3)4/h8-11H,7H2,1-6H3/t8-,9+,10-,11-/m0/s1. The van der Waals surface area contributed by atoms with Gasteiger partial charge in [-0.05, 0) is 39.0 Å². The quantitative estimate of drug-likeness (QED) is 0.723. The summed E-state index contributed by atoms with van der Waals surface area (Å²) >= 11 is 0. The van der Waals surface area contributed by atoms with Crippen molar-refractivity contribution >= 4 is 12.0 Å². The number of carbonyl (C=O) groups is 2. The summed E-state index contributed by atoms with van der Waals surface area (Å²) in [5.74, 6) is 0.652. The molecule has 2 aliphatic rings. The molecular formula is C14H24N2O4. The molecule has 6 heteroatoms. The molecule has 0 spiro atoms. The molecule has 2 fully saturated rings. The highest BCUT2D eigenvalue weighted by molar-refractivity contribution is 5.86. The van der Waals surface area contributed by atoms with Gasteiger partial charge in [0.05, 0.1) is 7.11 Å². The number of carbonyl (C=O) groups excluding carboxylic acids is 2. The molecule has 0 radical (unpaired) electrons. The molecule has 0 aromatic heterocycles. The van der Waals surface area contributed by atoms with Gasteiger partial charge in [0, 0.05) is 13.1 Å². The number of nitrogens with zero attached hydrogens (tertiary/aromatic N) is 2. The van der Waals surface area contributed by atoms with Gasteiger partial charge in [-0.3, -0.25) is 14.5 Å². The van der Waals surface area contributed by atoms with Crippen molar-refractivity contribution < 1.29 is 19.2 Å². The molecule has 2 amide bonds. The summed E-state index contributed by atoms with van der Waals surface area (Å²) in [4.78, 5) is 31.2. The molecule has 20 heavy (non-hydrogen) atoms. The number of hydroxylamine groups is 2. The summed E-state index contributed by atoms with van der Waals surface area (Å²) in [6, 6.07) is -0.343. The van der Waals surface area contributed by atoms with E-state index in [1.165, 1.54) is 12.2 Å². The lowest BCUT2D eigenvalue weighted by Gasteiger charge is -2.31. The van der Waals surface area contributed by atoms with E-state index in [1.54, 1.807) is 11.9 Å². The number of piperidine rings is 1. The molecule has 0 bridgehead atoms. The van der Waals surface area contributed by atoms with Crippen molar-refractivity contribution in [1.29, 1.82) is 0 Å².